The number of anilines is 2. The highest BCUT2D eigenvalue weighted by Crippen LogP contribution is 2.35. The standard InChI is InChI=1S/C25H22N4O4S4/c1-33-22-6-3-2-5-18(22)20-14-36-25(28-20)27-19(21-15-35-24(26-21)23-7-4-12-34-23)13-16-8-10-17(11-9-16)29-37(30,31)32/h2-12,14-15,19,29H,13H2,1H3,(H,27,28)(H,30,31,32). The summed E-state index contributed by atoms with van der Waals surface area (Å²) in [5.74, 6) is 0.759. The molecule has 1 atom stereocenters. The Labute approximate surface area is 226 Å². The maximum atomic E-state index is 11.1. The predicted molar refractivity (Wildman–Crippen MR) is 151 cm³/mol. The summed E-state index contributed by atoms with van der Waals surface area (Å²) in [6, 6.07) is 18.5. The molecule has 0 aliphatic rings. The molecule has 190 valence electrons. The second-order valence-corrected chi connectivity index (χ2v) is 11.8. The second kappa shape index (κ2) is 11.0. The quantitative estimate of drug-likeness (QED) is 0.162. The molecule has 0 radical (unpaired) electrons. The highest BCUT2D eigenvalue weighted by Gasteiger charge is 2.19. The van der Waals surface area contributed by atoms with E-state index in [2.05, 4.69) is 21.5 Å². The molecule has 12 heteroatoms. The molecule has 37 heavy (non-hydrogen) atoms. The average molecular weight is 571 g/mol. The fourth-order valence-electron chi connectivity index (χ4n) is 3.75. The summed E-state index contributed by atoms with van der Waals surface area (Å²) in [4.78, 5) is 10.8. The van der Waals surface area contributed by atoms with Crippen molar-refractivity contribution in [3.05, 3.63) is 88.1 Å². The first-order valence-corrected chi connectivity index (χ1v) is 15.1. The van der Waals surface area contributed by atoms with Gasteiger partial charge in [-0.05, 0) is 47.7 Å². The smallest absolute Gasteiger partial charge is 0.357 e. The van der Waals surface area contributed by atoms with E-state index in [1.807, 2.05) is 53.2 Å². The molecular weight excluding hydrogens is 549 g/mol. The lowest BCUT2D eigenvalue weighted by molar-refractivity contribution is 0.416. The van der Waals surface area contributed by atoms with E-state index in [-0.39, 0.29) is 11.7 Å². The van der Waals surface area contributed by atoms with Crippen LogP contribution in [-0.4, -0.2) is 30.0 Å². The minimum Gasteiger partial charge on any atom is -0.496 e. The summed E-state index contributed by atoms with van der Waals surface area (Å²) >= 11 is 4.75. The Morgan fingerprint density at radius 2 is 1.78 bits per heavy atom. The molecule has 0 aliphatic carbocycles. The van der Waals surface area contributed by atoms with Crippen molar-refractivity contribution >= 4 is 55.1 Å². The number of methoxy groups -OCH3 is 1. The van der Waals surface area contributed by atoms with Gasteiger partial charge in [-0.15, -0.1) is 34.0 Å². The van der Waals surface area contributed by atoms with E-state index >= 15 is 0 Å². The van der Waals surface area contributed by atoms with Crippen molar-refractivity contribution in [2.45, 2.75) is 12.5 Å². The molecule has 0 aliphatic heterocycles. The Morgan fingerprint density at radius 3 is 2.51 bits per heavy atom. The summed E-state index contributed by atoms with van der Waals surface area (Å²) < 4.78 is 38.8. The number of benzene rings is 2. The Morgan fingerprint density at radius 1 is 0.973 bits per heavy atom. The van der Waals surface area contributed by atoms with Gasteiger partial charge in [-0.2, -0.15) is 8.42 Å². The monoisotopic (exact) mass is 570 g/mol. The number of hydrogen-bond acceptors (Lipinski definition) is 9. The van der Waals surface area contributed by atoms with Gasteiger partial charge in [-0.25, -0.2) is 9.97 Å². The summed E-state index contributed by atoms with van der Waals surface area (Å²) in [7, 11) is -2.68. The van der Waals surface area contributed by atoms with Crippen LogP contribution in [0.5, 0.6) is 5.75 Å². The van der Waals surface area contributed by atoms with Crippen molar-refractivity contribution in [2.24, 2.45) is 0 Å². The number of aromatic nitrogens is 2. The van der Waals surface area contributed by atoms with Crippen molar-refractivity contribution in [2.75, 3.05) is 17.1 Å². The molecule has 3 heterocycles. The van der Waals surface area contributed by atoms with Crippen LogP contribution in [0.1, 0.15) is 17.3 Å². The van der Waals surface area contributed by atoms with Gasteiger partial charge in [0.1, 0.15) is 10.8 Å². The summed E-state index contributed by atoms with van der Waals surface area (Å²) in [6.07, 6.45) is 0.587. The SMILES string of the molecule is COc1ccccc1-c1csc(NC(Cc2ccc(NS(=O)(=O)O)cc2)c2csc(-c3cccs3)n2)n1. The molecular formula is C25H22N4O4S4. The lowest BCUT2D eigenvalue weighted by atomic mass is 10.0. The normalized spacial score (nSPS) is 12.3. The molecule has 0 saturated heterocycles. The lowest BCUT2D eigenvalue weighted by Gasteiger charge is -2.17. The van der Waals surface area contributed by atoms with Gasteiger partial charge in [-0.1, -0.05) is 30.3 Å². The number of nitrogens with one attached hydrogen (secondary N) is 2. The van der Waals surface area contributed by atoms with Crippen molar-refractivity contribution in [3.63, 3.8) is 0 Å². The van der Waals surface area contributed by atoms with Gasteiger partial charge >= 0.3 is 10.3 Å². The third-order valence-corrected chi connectivity index (χ3v) is 8.60. The zero-order chi connectivity index (χ0) is 25.8. The largest absolute Gasteiger partial charge is 0.496 e. The number of hydrogen-bond donors (Lipinski definition) is 3. The van der Waals surface area contributed by atoms with Gasteiger partial charge in [0.05, 0.1) is 35.1 Å². The van der Waals surface area contributed by atoms with Crippen LogP contribution >= 0.6 is 34.0 Å². The van der Waals surface area contributed by atoms with Crippen LogP contribution < -0.4 is 14.8 Å². The third kappa shape index (κ3) is 6.35. The number of rotatable bonds is 10. The van der Waals surface area contributed by atoms with Crippen molar-refractivity contribution < 1.29 is 17.7 Å². The van der Waals surface area contributed by atoms with Gasteiger partial charge in [0.2, 0.25) is 0 Å². The Balaban J connectivity index is 1.42. The molecule has 2 aromatic carbocycles. The van der Waals surface area contributed by atoms with E-state index in [0.717, 1.165) is 43.3 Å². The molecule has 3 aromatic heterocycles. The van der Waals surface area contributed by atoms with E-state index in [1.165, 1.54) is 11.3 Å². The third-order valence-electron chi connectivity index (χ3n) is 5.44. The van der Waals surface area contributed by atoms with Crippen LogP contribution in [0, 0.1) is 0 Å². The van der Waals surface area contributed by atoms with Gasteiger partial charge < -0.3 is 10.1 Å². The zero-order valence-corrected chi connectivity index (χ0v) is 22.8. The number of thiazole rings is 2. The van der Waals surface area contributed by atoms with E-state index < -0.39 is 10.3 Å². The molecule has 0 bridgehead atoms. The number of para-hydroxylation sites is 1. The minimum atomic E-state index is -4.33. The maximum Gasteiger partial charge on any atom is 0.357 e. The average Bonchev–Trinajstić information content (AvgIpc) is 3.65. The molecule has 0 spiro atoms. The van der Waals surface area contributed by atoms with Crippen LogP contribution in [-0.2, 0) is 16.7 Å². The first-order valence-electron chi connectivity index (χ1n) is 11.1. The highest BCUT2D eigenvalue weighted by molar-refractivity contribution is 7.87. The Kier molecular flexibility index (Phi) is 7.53. The summed E-state index contributed by atoms with van der Waals surface area (Å²) in [6.45, 7) is 0. The van der Waals surface area contributed by atoms with Crippen molar-refractivity contribution in [1.82, 2.24) is 9.97 Å². The minimum absolute atomic E-state index is 0.179. The Hall–Kier alpha value is -3.29. The van der Waals surface area contributed by atoms with E-state index in [0.29, 0.717) is 6.42 Å². The molecule has 1 unspecified atom stereocenters. The van der Waals surface area contributed by atoms with Crippen LogP contribution in [0.25, 0.3) is 21.1 Å². The molecule has 0 saturated carbocycles. The molecule has 8 nitrogen and oxygen atoms in total. The highest BCUT2D eigenvalue weighted by atomic mass is 32.2. The van der Waals surface area contributed by atoms with Crippen molar-refractivity contribution in [1.29, 1.82) is 0 Å². The van der Waals surface area contributed by atoms with Gasteiger partial charge in [0.15, 0.2) is 5.13 Å². The molecule has 5 rings (SSSR count). The second-order valence-electron chi connectivity index (χ2n) is 7.97. The summed E-state index contributed by atoms with van der Waals surface area (Å²) in [5, 5.41) is 11.3. The van der Waals surface area contributed by atoms with Crippen LogP contribution in [0.2, 0.25) is 0 Å². The molecule has 5 aromatic rings. The maximum absolute atomic E-state index is 11.1. The molecule has 3 N–H and O–H groups in total. The van der Waals surface area contributed by atoms with Crippen LogP contribution in [0.4, 0.5) is 10.8 Å². The summed E-state index contributed by atoms with van der Waals surface area (Å²) in [5.41, 5.74) is 3.88. The van der Waals surface area contributed by atoms with E-state index in [4.69, 9.17) is 19.3 Å². The fourth-order valence-corrected chi connectivity index (χ4v) is 6.64. The van der Waals surface area contributed by atoms with Crippen LogP contribution in [0.3, 0.4) is 0 Å². The van der Waals surface area contributed by atoms with E-state index in [1.54, 1.807) is 41.9 Å². The van der Waals surface area contributed by atoms with E-state index in [9.17, 15) is 8.42 Å². The molecule has 0 amide bonds. The topological polar surface area (TPSA) is 113 Å². The first-order chi connectivity index (χ1) is 17.9. The predicted octanol–water partition coefficient (Wildman–Crippen LogP) is 6.61. The Bertz CT molecular complexity index is 1580. The lowest BCUT2D eigenvalue weighted by Crippen LogP contribution is -2.14. The van der Waals surface area contributed by atoms with Crippen molar-refractivity contribution in [3.8, 4) is 26.9 Å². The fraction of sp³-hybridized carbons (Fsp3) is 0.120. The van der Waals surface area contributed by atoms with Gasteiger partial charge in [0, 0.05) is 16.3 Å². The van der Waals surface area contributed by atoms with Crippen LogP contribution in [0.15, 0.2) is 76.8 Å². The molecule has 0 fully saturated rings. The zero-order valence-electron chi connectivity index (χ0n) is 19.5. The number of nitrogens with zero attached hydrogens (tertiary/aromatic N) is 2. The number of ether oxygens (including phenoxy) is 1. The van der Waals surface area contributed by atoms with Gasteiger partial charge in [0.25, 0.3) is 0 Å². The first kappa shape index (κ1) is 25.4. The van der Waals surface area contributed by atoms with Gasteiger partial charge in [-0.3, -0.25) is 9.27 Å². The number of thiophene rings is 1.